The van der Waals surface area contributed by atoms with Crippen LogP contribution in [0.2, 0.25) is 0 Å². The molecule has 2 aromatic carbocycles. The summed E-state index contributed by atoms with van der Waals surface area (Å²) in [5.74, 6) is 0.347. The van der Waals surface area contributed by atoms with Crippen LogP contribution in [0.1, 0.15) is 30.2 Å². The Morgan fingerprint density at radius 1 is 1.05 bits per heavy atom. The third-order valence-electron chi connectivity index (χ3n) is 3.61. The van der Waals surface area contributed by atoms with Crippen LogP contribution in [0.25, 0.3) is 10.1 Å². The summed E-state index contributed by atoms with van der Waals surface area (Å²) in [4.78, 5) is 5.64. The summed E-state index contributed by atoms with van der Waals surface area (Å²) in [5.41, 5.74) is 1.95. The van der Waals surface area contributed by atoms with E-state index in [1.165, 1.54) is 0 Å². The molecule has 0 aliphatic rings. The standard InChI is InChI=1S/C19H19NOS/c1-2-3-13-20-17(14-9-5-4-6-10-14)19-18(21)15-11-7-8-12-16(15)22-19/h4-12,21H,2-3,13H2,1H3. The van der Waals surface area contributed by atoms with E-state index in [0.717, 1.165) is 45.6 Å². The van der Waals surface area contributed by atoms with Crippen molar-refractivity contribution in [3.05, 3.63) is 65.0 Å². The molecule has 0 radical (unpaired) electrons. The zero-order valence-corrected chi connectivity index (χ0v) is 13.4. The molecule has 1 aromatic heterocycles. The number of nitrogens with zero attached hydrogens (tertiary/aromatic N) is 1. The number of thiophene rings is 1. The third kappa shape index (κ3) is 2.90. The molecule has 0 aliphatic carbocycles. The molecule has 112 valence electrons. The summed E-state index contributed by atoms with van der Waals surface area (Å²) in [6.07, 6.45) is 2.17. The molecule has 0 saturated carbocycles. The summed E-state index contributed by atoms with van der Waals surface area (Å²) in [6.45, 7) is 2.95. The normalized spacial score (nSPS) is 12.0. The van der Waals surface area contributed by atoms with Crippen LogP contribution in [-0.2, 0) is 0 Å². The monoisotopic (exact) mass is 309 g/mol. The Labute approximate surface area is 134 Å². The number of benzene rings is 2. The van der Waals surface area contributed by atoms with Gasteiger partial charge in [0.2, 0.25) is 0 Å². The molecular weight excluding hydrogens is 290 g/mol. The van der Waals surface area contributed by atoms with E-state index in [4.69, 9.17) is 4.99 Å². The maximum atomic E-state index is 10.6. The van der Waals surface area contributed by atoms with Crippen LogP contribution < -0.4 is 0 Å². The average molecular weight is 309 g/mol. The van der Waals surface area contributed by atoms with Crippen molar-refractivity contribution in [1.82, 2.24) is 0 Å². The fourth-order valence-electron chi connectivity index (χ4n) is 2.43. The molecule has 22 heavy (non-hydrogen) atoms. The van der Waals surface area contributed by atoms with E-state index in [1.54, 1.807) is 11.3 Å². The highest BCUT2D eigenvalue weighted by atomic mass is 32.1. The number of unbranched alkanes of at least 4 members (excludes halogenated alkanes) is 1. The van der Waals surface area contributed by atoms with Gasteiger partial charge in [0, 0.05) is 22.2 Å². The van der Waals surface area contributed by atoms with Gasteiger partial charge >= 0.3 is 0 Å². The topological polar surface area (TPSA) is 32.6 Å². The zero-order valence-electron chi connectivity index (χ0n) is 12.6. The lowest BCUT2D eigenvalue weighted by molar-refractivity contribution is 0.482. The van der Waals surface area contributed by atoms with Crippen LogP contribution in [0.4, 0.5) is 0 Å². The smallest absolute Gasteiger partial charge is 0.143 e. The van der Waals surface area contributed by atoms with Crippen molar-refractivity contribution < 1.29 is 5.11 Å². The van der Waals surface area contributed by atoms with E-state index < -0.39 is 0 Å². The van der Waals surface area contributed by atoms with Gasteiger partial charge in [-0.1, -0.05) is 55.8 Å². The first kappa shape index (κ1) is 14.8. The van der Waals surface area contributed by atoms with Gasteiger partial charge < -0.3 is 5.11 Å². The molecule has 3 aromatic rings. The Morgan fingerprint density at radius 3 is 2.50 bits per heavy atom. The maximum Gasteiger partial charge on any atom is 0.143 e. The van der Waals surface area contributed by atoms with Crippen molar-refractivity contribution in [1.29, 1.82) is 0 Å². The molecule has 1 heterocycles. The second-order valence-electron chi connectivity index (χ2n) is 5.23. The lowest BCUT2D eigenvalue weighted by Gasteiger charge is -2.06. The van der Waals surface area contributed by atoms with Gasteiger partial charge in [-0.2, -0.15) is 0 Å². The van der Waals surface area contributed by atoms with Gasteiger partial charge in [0.05, 0.1) is 10.6 Å². The summed E-state index contributed by atoms with van der Waals surface area (Å²) in [6, 6.07) is 18.1. The molecular formula is C19H19NOS. The molecule has 0 unspecified atom stereocenters. The zero-order chi connectivity index (χ0) is 15.4. The van der Waals surface area contributed by atoms with E-state index in [0.29, 0.717) is 5.75 Å². The number of hydrogen-bond donors (Lipinski definition) is 1. The lowest BCUT2D eigenvalue weighted by atomic mass is 10.1. The summed E-state index contributed by atoms with van der Waals surface area (Å²) < 4.78 is 1.09. The van der Waals surface area contributed by atoms with Crippen molar-refractivity contribution in [2.45, 2.75) is 19.8 Å². The van der Waals surface area contributed by atoms with Crippen LogP contribution in [0.3, 0.4) is 0 Å². The molecule has 0 amide bonds. The molecule has 0 spiro atoms. The van der Waals surface area contributed by atoms with Crippen LogP contribution in [-0.4, -0.2) is 17.4 Å². The van der Waals surface area contributed by atoms with Crippen molar-refractivity contribution in [2.75, 3.05) is 6.54 Å². The van der Waals surface area contributed by atoms with Crippen molar-refractivity contribution in [2.24, 2.45) is 4.99 Å². The van der Waals surface area contributed by atoms with E-state index in [2.05, 4.69) is 19.1 Å². The van der Waals surface area contributed by atoms with E-state index in [-0.39, 0.29) is 0 Å². The SMILES string of the molecule is CCCCN=C(c1ccccc1)c1sc2ccccc2c1O. The predicted molar refractivity (Wildman–Crippen MR) is 95.3 cm³/mol. The number of fused-ring (bicyclic) bond motifs is 1. The fourth-order valence-corrected chi connectivity index (χ4v) is 3.56. The average Bonchev–Trinajstić information content (AvgIpc) is 2.90. The van der Waals surface area contributed by atoms with Gasteiger partial charge in [-0.3, -0.25) is 4.99 Å². The number of rotatable bonds is 5. The first-order chi connectivity index (χ1) is 10.8. The Hall–Kier alpha value is -2.13. The minimum Gasteiger partial charge on any atom is -0.506 e. The Kier molecular flexibility index (Phi) is 4.54. The summed E-state index contributed by atoms with van der Waals surface area (Å²) in [5, 5.41) is 11.5. The predicted octanol–water partition coefficient (Wildman–Crippen LogP) is 5.24. The molecule has 0 bridgehead atoms. The second kappa shape index (κ2) is 6.75. The Morgan fingerprint density at radius 2 is 1.77 bits per heavy atom. The molecule has 0 fully saturated rings. The number of aliphatic imine (C=N–C) groups is 1. The van der Waals surface area contributed by atoms with E-state index in [9.17, 15) is 5.11 Å². The minimum absolute atomic E-state index is 0.347. The van der Waals surface area contributed by atoms with Crippen molar-refractivity contribution in [3.8, 4) is 5.75 Å². The lowest BCUT2D eigenvalue weighted by Crippen LogP contribution is -2.02. The highest BCUT2D eigenvalue weighted by Gasteiger charge is 2.17. The number of hydrogen-bond acceptors (Lipinski definition) is 3. The molecule has 1 N–H and O–H groups in total. The van der Waals surface area contributed by atoms with Gasteiger partial charge in [-0.25, -0.2) is 0 Å². The van der Waals surface area contributed by atoms with E-state index in [1.807, 2.05) is 42.5 Å². The highest BCUT2D eigenvalue weighted by Crippen LogP contribution is 2.38. The van der Waals surface area contributed by atoms with Gasteiger partial charge in [0.25, 0.3) is 0 Å². The van der Waals surface area contributed by atoms with Crippen molar-refractivity contribution in [3.63, 3.8) is 0 Å². The van der Waals surface area contributed by atoms with Crippen LogP contribution >= 0.6 is 11.3 Å². The Balaban J connectivity index is 2.11. The van der Waals surface area contributed by atoms with Gasteiger partial charge in [-0.05, 0) is 18.6 Å². The maximum absolute atomic E-state index is 10.6. The first-order valence-electron chi connectivity index (χ1n) is 7.62. The molecule has 2 nitrogen and oxygen atoms in total. The van der Waals surface area contributed by atoms with E-state index >= 15 is 0 Å². The highest BCUT2D eigenvalue weighted by molar-refractivity contribution is 7.21. The molecule has 0 aliphatic heterocycles. The van der Waals surface area contributed by atoms with Crippen LogP contribution in [0.5, 0.6) is 5.75 Å². The third-order valence-corrected chi connectivity index (χ3v) is 4.78. The first-order valence-corrected chi connectivity index (χ1v) is 8.43. The van der Waals surface area contributed by atoms with Gasteiger partial charge in [0.15, 0.2) is 0 Å². The fraction of sp³-hybridized carbons (Fsp3) is 0.211. The number of aromatic hydroxyl groups is 1. The van der Waals surface area contributed by atoms with Crippen molar-refractivity contribution >= 4 is 27.1 Å². The van der Waals surface area contributed by atoms with Crippen LogP contribution in [0, 0.1) is 0 Å². The minimum atomic E-state index is 0.347. The molecule has 0 atom stereocenters. The molecule has 0 saturated heterocycles. The quantitative estimate of drug-likeness (QED) is 0.507. The largest absolute Gasteiger partial charge is 0.506 e. The van der Waals surface area contributed by atoms with Gasteiger partial charge in [-0.15, -0.1) is 11.3 Å². The second-order valence-corrected chi connectivity index (χ2v) is 6.28. The van der Waals surface area contributed by atoms with Crippen LogP contribution in [0.15, 0.2) is 59.6 Å². The molecule has 3 heteroatoms. The Bertz CT molecular complexity index is 790. The summed E-state index contributed by atoms with van der Waals surface area (Å²) in [7, 11) is 0. The molecule has 3 rings (SSSR count). The van der Waals surface area contributed by atoms with Gasteiger partial charge in [0.1, 0.15) is 5.75 Å². The summed E-state index contributed by atoms with van der Waals surface area (Å²) >= 11 is 1.60.